The van der Waals surface area contributed by atoms with Crippen molar-refractivity contribution in [3.63, 3.8) is 0 Å². The smallest absolute Gasteiger partial charge is 0.228 e. The zero-order valence-electron chi connectivity index (χ0n) is 18.6. The molecule has 5 rings (SSSR count). The number of carbonyl (C=O) groups is 2. The molecule has 3 aromatic rings. The Hall–Kier alpha value is -3.80. The number of aromatic nitrogens is 4. The molecule has 0 N–H and O–H groups in total. The molecule has 2 aliphatic rings. The summed E-state index contributed by atoms with van der Waals surface area (Å²) < 4.78 is 41.8. The monoisotopic (exact) mass is 485 g/mol. The van der Waals surface area contributed by atoms with Crippen LogP contribution in [0.5, 0.6) is 0 Å². The second-order valence-electron chi connectivity index (χ2n) is 8.59. The lowest BCUT2D eigenvalue weighted by Gasteiger charge is -2.35. The summed E-state index contributed by atoms with van der Waals surface area (Å²) in [5, 5.41) is 11.5. The molecule has 0 spiro atoms. The van der Waals surface area contributed by atoms with Crippen LogP contribution in [0.3, 0.4) is 0 Å². The molecule has 0 radical (unpaired) electrons. The van der Waals surface area contributed by atoms with Gasteiger partial charge in [-0.25, -0.2) is 13.2 Å². The molecular weight excluding hydrogens is 463 g/mol. The number of hydrogen-bond donors (Lipinski definition) is 0. The van der Waals surface area contributed by atoms with Gasteiger partial charge in [0.15, 0.2) is 17.5 Å². The summed E-state index contributed by atoms with van der Waals surface area (Å²) in [7, 11) is 0. The van der Waals surface area contributed by atoms with Crippen LogP contribution in [0.15, 0.2) is 42.5 Å². The van der Waals surface area contributed by atoms with Crippen molar-refractivity contribution in [2.45, 2.75) is 13.0 Å². The highest BCUT2D eigenvalue weighted by Crippen LogP contribution is 2.27. The van der Waals surface area contributed by atoms with Crippen molar-refractivity contribution in [2.24, 2.45) is 5.92 Å². The minimum Gasteiger partial charge on any atom is -0.340 e. The van der Waals surface area contributed by atoms with E-state index >= 15 is 0 Å². The second kappa shape index (κ2) is 9.45. The molecule has 1 aromatic heterocycles. The van der Waals surface area contributed by atoms with Crippen molar-refractivity contribution < 1.29 is 22.8 Å². The van der Waals surface area contributed by atoms with Gasteiger partial charge in [0.05, 0.1) is 18.2 Å². The van der Waals surface area contributed by atoms with Crippen LogP contribution in [0.25, 0.3) is 5.69 Å². The Kier molecular flexibility index (Phi) is 6.20. The molecule has 1 atom stereocenters. The van der Waals surface area contributed by atoms with Crippen molar-refractivity contribution in [3.05, 3.63) is 65.7 Å². The van der Waals surface area contributed by atoms with Crippen molar-refractivity contribution in [1.29, 1.82) is 0 Å². The van der Waals surface area contributed by atoms with E-state index < -0.39 is 23.4 Å². The van der Waals surface area contributed by atoms with Crippen LogP contribution < -0.4 is 4.90 Å². The molecule has 2 fully saturated rings. The Morgan fingerprint density at radius 3 is 2.51 bits per heavy atom. The van der Waals surface area contributed by atoms with Gasteiger partial charge in [-0.1, -0.05) is 6.07 Å². The lowest BCUT2D eigenvalue weighted by atomic mass is 10.1. The maximum absolute atomic E-state index is 13.6. The average molecular weight is 485 g/mol. The summed E-state index contributed by atoms with van der Waals surface area (Å²) in [4.78, 5) is 30.8. The van der Waals surface area contributed by atoms with Gasteiger partial charge in [-0.3, -0.25) is 14.5 Å². The molecule has 2 aromatic carbocycles. The zero-order valence-corrected chi connectivity index (χ0v) is 18.6. The van der Waals surface area contributed by atoms with Crippen molar-refractivity contribution >= 4 is 17.5 Å². The molecule has 1 unspecified atom stereocenters. The summed E-state index contributed by atoms with van der Waals surface area (Å²) in [5.74, 6) is -2.68. The normalized spacial score (nSPS) is 18.9. The predicted octanol–water partition coefficient (Wildman–Crippen LogP) is 1.78. The summed E-state index contributed by atoms with van der Waals surface area (Å²) in [6.07, 6.45) is 0.0958. The van der Waals surface area contributed by atoms with E-state index in [0.29, 0.717) is 49.9 Å². The van der Waals surface area contributed by atoms with Gasteiger partial charge in [0.2, 0.25) is 11.8 Å². The Bertz CT molecular complexity index is 1260. The highest BCUT2D eigenvalue weighted by molar-refractivity contribution is 6.00. The van der Waals surface area contributed by atoms with Gasteiger partial charge in [-0.05, 0) is 40.8 Å². The number of anilines is 1. The van der Waals surface area contributed by atoms with E-state index in [9.17, 15) is 22.8 Å². The molecule has 182 valence electrons. The standard InChI is InChI=1S/C23H22F3N7O2/c24-16-2-1-3-17(11-16)32-13-15(10-22(32)34)23(35)31-8-6-30(7-9-31)14-21-27-28-29-33(21)18-4-5-19(25)20(26)12-18/h1-5,11-12,15H,6-10,13-14H2. The summed E-state index contributed by atoms with van der Waals surface area (Å²) in [5.41, 5.74) is 0.764. The summed E-state index contributed by atoms with van der Waals surface area (Å²) in [6, 6.07) is 9.23. The highest BCUT2D eigenvalue weighted by Gasteiger charge is 2.38. The molecule has 0 bridgehead atoms. The number of carbonyl (C=O) groups excluding carboxylic acids is 2. The van der Waals surface area contributed by atoms with E-state index in [1.807, 2.05) is 0 Å². The first-order valence-corrected chi connectivity index (χ1v) is 11.2. The summed E-state index contributed by atoms with van der Waals surface area (Å²) in [6.45, 7) is 2.65. The molecule has 2 aliphatic heterocycles. The van der Waals surface area contributed by atoms with E-state index in [2.05, 4.69) is 20.4 Å². The third-order valence-electron chi connectivity index (χ3n) is 6.32. The van der Waals surface area contributed by atoms with Crippen LogP contribution in [0.4, 0.5) is 18.9 Å². The molecule has 2 amide bonds. The minimum atomic E-state index is -0.988. The van der Waals surface area contributed by atoms with Gasteiger partial charge >= 0.3 is 0 Å². The van der Waals surface area contributed by atoms with Gasteiger partial charge in [0.1, 0.15) is 5.82 Å². The molecule has 2 saturated heterocycles. The molecule has 9 nitrogen and oxygen atoms in total. The first-order valence-electron chi connectivity index (χ1n) is 11.2. The number of amides is 2. The number of benzene rings is 2. The number of tetrazole rings is 1. The van der Waals surface area contributed by atoms with Crippen LogP contribution in [-0.4, -0.2) is 74.5 Å². The molecule has 0 aliphatic carbocycles. The van der Waals surface area contributed by atoms with E-state index in [-0.39, 0.29) is 24.8 Å². The summed E-state index contributed by atoms with van der Waals surface area (Å²) >= 11 is 0. The maximum atomic E-state index is 13.6. The van der Waals surface area contributed by atoms with Crippen molar-refractivity contribution in [3.8, 4) is 5.69 Å². The van der Waals surface area contributed by atoms with Gasteiger partial charge < -0.3 is 9.80 Å². The Balaban J connectivity index is 1.18. The molecule has 0 saturated carbocycles. The van der Waals surface area contributed by atoms with Crippen molar-refractivity contribution in [2.75, 3.05) is 37.6 Å². The average Bonchev–Trinajstić information content (AvgIpc) is 3.47. The first kappa shape index (κ1) is 23.0. The first-order chi connectivity index (χ1) is 16.9. The number of nitrogens with zero attached hydrogens (tertiary/aromatic N) is 7. The molecule has 12 heteroatoms. The number of hydrogen-bond acceptors (Lipinski definition) is 6. The predicted molar refractivity (Wildman–Crippen MR) is 118 cm³/mol. The van der Waals surface area contributed by atoms with Crippen LogP contribution >= 0.6 is 0 Å². The third kappa shape index (κ3) is 4.74. The van der Waals surface area contributed by atoms with Gasteiger partial charge in [-0.15, -0.1) is 5.10 Å². The van der Waals surface area contributed by atoms with E-state index in [0.717, 1.165) is 12.1 Å². The number of halogens is 3. The fraction of sp³-hybridized carbons (Fsp3) is 0.348. The lowest BCUT2D eigenvalue weighted by molar-refractivity contribution is -0.137. The Morgan fingerprint density at radius 1 is 0.971 bits per heavy atom. The van der Waals surface area contributed by atoms with E-state index in [1.165, 1.54) is 33.8 Å². The number of rotatable bonds is 5. The maximum Gasteiger partial charge on any atom is 0.228 e. The topological polar surface area (TPSA) is 87.5 Å². The molecular formula is C23H22F3N7O2. The fourth-order valence-electron chi connectivity index (χ4n) is 4.47. The minimum absolute atomic E-state index is 0.0940. The van der Waals surface area contributed by atoms with Crippen LogP contribution in [0.1, 0.15) is 12.2 Å². The van der Waals surface area contributed by atoms with Gasteiger partial charge in [-0.2, -0.15) is 4.68 Å². The fourth-order valence-corrected chi connectivity index (χ4v) is 4.47. The third-order valence-corrected chi connectivity index (χ3v) is 6.32. The Morgan fingerprint density at radius 2 is 1.77 bits per heavy atom. The molecule has 35 heavy (non-hydrogen) atoms. The van der Waals surface area contributed by atoms with Gasteiger partial charge in [0, 0.05) is 50.9 Å². The van der Waals surface area contributed by atoms with Crippen molar-refractivity contribution in [1.82, 2.24) is 30.0 Å². The van der Waals surface area contributed by atoms with Crippen LogP contribution in [0.2, 0.25) is 0 Å². The van der Waals surface area contributed by atoms with Crippen LogP contribution in [-0.2, 0) is 16.1 Å². The highest BCUT2D eigenvalue weighted by atomic mass is 19.2. The van der Waals surface area contributed by atoms with Crippen LogP contribution in [0, 0.1) is 23.4 Å². The number of piperazine rings is 1. The Labute approximate surface area is 198 Å². The molecule has 3 heterocycles. The second-order valence-corrected chi connectivity index (χ2v) is 8.59. The van der Waals surface area contributed by atoms with Gasteiger partial charge in [0.25, 0.3) is 0 Å². The quantitative estimate of drug-likeness (QED) is 0.548. The largest absolute Gasteiger partial charge is 0.340 e. The zero-order chi connectivity index (χ0) is 24.5. The van der Waals surface area contributed by atoms with E-state index in [1.54, 1.807) is 11.0 Å². The lowest BCUT2D eigenvalue weighted by Crippen LogP contribution is -2.50. The van der Waals surface area contributed by atoms with E-state index in [4.69, 9.17) is 0 Å². The SMILES string of the molecule is O=C(C1CC(=O)N(c2cccc(F)c2)C1)N1CCN(Cc2nnnn2-c2ccc(F)c(F)c2)CC1.